The normalized spacial score (nSPS) is 11.8. The molecule has 2 amide bonds. The molecule has 0 aliphatic rings. The maximum atomic E-state index is 14.3. The highest BCUT2D eigenvalue weighted by atomic mass is 32.2. The van der Waals surface area contributed by atoms with Crippen LogP contribution >= 0.6 is 0 Å². The second-order valence-electron chi connectivity index (χ2n) is 11.8. The van der Waals surface area contributed by atoms with Crippen molar-refractivity contribution in [1.29, 1.82) is 0 Å². The molecule has 16 nitrogen and oxygen atoms in total. The van der Waals surface area contributed by atoms with Gasteiger partial charge in [-0.2, -0.15) is 0 Å². The Balaban J connectivity index is 1.30. The number of benzene rings is 2. The molecule has 3 rings (SSSR count). The Bertz CT molecular complexity index is 1710. The van der Waals surface area contributed by atoms with Crippen LogP contribution in [-0.4, -0.2) is 113 Å². The number of unbranched alkanes of at least 4 members (excludes halogenated alkanes) is 1. The number of carboxylic acid groups (broad SMARTS) is 1. The second-order valence-corrected chi connectivity index (χ2v) is 13.5. The van der Waals surface area contributed by atoms with Gasteiger partial charge in [0, 0.05) is 19.3 Å². The first-order valence-corrected chi connectivity index (χ1v) is 18.7. The molecule has 5 N–H and O–H groups in total. The van der Waals surface area contributed by atoms with E-state index in [9.17, 15) is 32.3 Å². The van der Waals surface area contributed by atoms with E-state index in [2.05, 4.69) is 20.3 Å². The topological polar surface area (TPSA) is 221 Å². The van der Waals surface area contributed by atoms with Crippen LogP contribution in [0.25, 0.3) is 0 Å². The fraction of sp³-hybridized carbons (Fsp3) is 0.444. The molecule has 0 aliphatic carbocycles. The van der Waals surface area contributed by atoms with Gasteiger partial charge >= 0.3 is 5.97 Å². The molecule has 0 bridgehead atoms. The molecule has 2 aromatic carbocycles. The molecule has 0 saturated heterocycles. The Kier molecular flexibility index (Phi) is 19.3. The summed E-state index contributed by atoms with van der Waals surface area (Å²) in [5.41, 5.74) is 0.696. The molecule has 0 spiro atoms. The number of carboxylic acids is 1. The zero-order valence-corrected chi connectivity index (χ0v) is 30.8. The number of aliphatic hydroxyl groups is 1. The lowest BCUT2D eigenvalue weighted by molar-refractivity contribution is -0.142. The number of nitrogens with zero attached hydrogens (tertiary/aromatic N) is 1. The fourth-order valence-electron chi connectivity index (χ4n) is 4.59. The number of sulfonamides is 1. The number of halogens is 1. The van der Waals surface area contributed by atoms with Gasteiger partial charge in [0.1, 0.15) is 36.3 Å². The molecule has 0 aliphatic heterocycles. The monoisotopic (exact) mass is 778 g/mol. The Morgan fingerprint density at radius 3 is 2.11 bits per heavy atom. The summed E-state index contributed by atoms with van der Waals surface area (Å²) in [7, 11) is -4.02. The summed E-state index contributed by atoms with van der Waals surface area (Å²) in [6.07, 6.45) is 3.45. The fourth-order valence-corrected chi connectivity index (χ4v) is 5.59. The zero-order chi connectivity index (χ0) is 39.2. The third-order valence-corrected chi connectivity index (χ3v) is 8.64. The SMILES string of the molecule is CC(O)CCCCc1cc(Oc2ccc(S(=O)(=O)Nc3ccc(C(=O)NCCOCCOCC(=O)NCCOCCOCC(=O)O)cn3)cc2)ccc1F. The molecule has 0 saturated carbocycles. The van der Waals surface area contributed by atoms with Gasteiger partial charge in [-0.1, -0.05) is 6.42 Å². The molecule has 1 heterocycles. The largest absolute Gasteiger partial charge is 0.480 e. The van der Waals surface area contributed by atoms with Gasteiger partial charge in [0.05, 0.1) is 56.2 Å². The summed E-state index contributed by atoms with van der Waals surface area (Å²) in [5, 5.41) is 23.1. The van der Waals surface area contributed by atoms with Crippen molar-refractivity contribution in [3.8, 4) is 11.5 Å². The lowest BCUT2D eigenvalue weighted by atomic mass is 10.0. The number of aliphatic carboxylic acids is 1. The van der Waals surface area contributed by atoms with Crippen LogP contribution in [0.5, 0.6) is 11.5 Å². The summed E-state index contributed by atoms with van der Waals surface area (Å²) in [6, 6.07) is 12.9. The minimum absolute atomic E-state index is 0.00424. The van der Waals surface area contributed by atoms with Gasteiger partial charge in [-0.15, -0.1) is 0 Å². The minimum atomic E-state index is -4.02. The molecule has 18 heteroatoms. The van der Waals surface area contributed by atoms with E-state index in [4.69, 9.17) is 28.8 Å². The number of anilines is 1. The summed E-state index contributed by atoms with van der Waals surface area (Å²) in [4.78, 5) is 38.5. The molecule has 1 aromatic heterocycles. The Morgan fingerprint density at radius 2 is 1.46 bits per heavy atom. The molecule has 296 valence electrons. The van der Waals surface area contributed by atoms with E-state index in [0.717, 1.165) is 6.42 Å². The molecule has 3 aromatic rings. The van der Waals surface area contributed by atoms with Crippen LogP contribution < -0.4 is 20.1 Å². The molecule has 54 heavy (non-hydrogen) atoms. The van der Waals surface area contributed by atoms with E-state index in [0.29, 0.717) is 36.3 Å². The number of pyridine rings is 1. The number of rotatable bonds is 27. The van der Waals surface area contributed by atoms with Gasteiger partial charge < -0.3 is 44.5 Å². The van der Waals surface area contributed by atoms with E-state index >= 15 is 0 Å². The van der Waals surface area contributed by atoms with Crippen LogP contribution in [0.15, 0.2) is 65.7 Å². The number of carbonyl (C=O) groups excluding carboxylic acids is 2. The van der Waals surface area contributed by atoms with Crippen molar-refractivity contribution in [2.75, 3.05) is 70.7 Å². The van der Waals surface area contributed by atoms with Crippen LogP contribution in [0, 0.1) is 5.82 Å². The molecule has 1 unspecified atom stereocenters. The van der Waals surface area contributed by atoms with E-state index in [1.165, 1.54) is 54.7 Å². The first-order chi connectivity index (χ1) is 25.9. The Labute approximate surface area is 313 Å². The molecule has 1 atom stereocenters. The van der Waals surface area contributed by atoms with Crippen molar-refractivity contribution >= 4 is 33.6 Å². The molecular formula is C36H47FN4O12S. The standard InChI is InChI=1S/C36H47FN4O12S/c1-26(42)4-2-3-5-27-22-30(9-12-32(27)37)53-29-7-10-31(11-8-29)54(47,48)41-33-13-6-28(23-40-33)36(46)39-15-17-50-18-20-51-24-34(43)38-14-16-49-19-21-52-25-35(44)45/h6-13,22-23,26,42H,2-5,14-21,24-25H2,1H3,(H,38,43)(H,39,46)(H,40,41)(H,44,45). The van der Waals surface area contributed by atoms with Crippen LogP contribution in [0.2, 0.25) is 0 Å². The highest BCUT2D eigenvalue weighted by Crippen LogP contribution is 2.26. The summed E-state index contributed by atoms with van der Waals surface area (Å²) >= 11 is 0. The number of aromatic nitrogens is 1. The number of ether oxygens (including phenoxy) is 5. The highest BCUT2D eigenvalue weighted by molar-refractivity contribution is 7.92. The van der Waals surface area contributed by atoms with Gasteiger partial charge in [0.15, 0.2) is 0 Å². The number of aryl methyl sites for hydroxylation is 1. The quantitative estimate of drug-likeness (QED) is 0.0704. The number of carbonyl (C=O) groups is 3. The lowest BCUT2D eigenvalue weighted by Crippen LogP contribution is -2.31. The van der Waals surface area contributed by atoms with Crippen LogP contribution in [0.3, 0.4) is 0 Å². The maximum Gasteiger partial charge on any atom is 0.329 e. The first kappa shape index (κ1) is 43.7. The highest BCUT2D eigenvalue weighted by Gasteiger charge is 2.16. The Morgan fingerprint density at radius 1 is 0.815 bits per heavy atom. The van der Waals surface area contributed by atoms with Crippen molar-refractivity contribution in [3.05, 3.63) is 77.7 Å². The zero-order valence-electron chi connectivity index (χ0n) is 30.0. The van der Waals surface area contributed by atoms with Gasteiger partial charge in [0.25, 0.3) is 15.9 Å². The second kappa shape index (κ2) is 23.8. The average Bonchev–Trinajstić information content (AvgIpc) is 3.13. The van der Waals surface area contributed by atoms with Crippen molar-refractivity contribution in [1.82, 2.24) is 15.6 Å². The number of hydrogen-bond acceptors (Lipinski definition) is 12. The third-order valence-electron chi connectivity index (χ3n) is 7.27. The van der Waals surface area contributed by atoms with Crippen LogP contribution in [-0.2, 0) is 45.0 Å². The molecular weight excluding hydrogens is 731 g/mol. The predicted octanol–water partition coefficient (Wildman–Crippen LogP) is 2.90. The van der Waals surface area contributed by atoms with E-state index in [1.54, 1.807) is 13.0 Å². The van der Waals surface area contributed by atoms with E-state index < -0.39 is 34.6 Å². The van der Waals surface area contributed by atoms with Crippen molar-refractivity contribution in [2.45, 2.75) is 43.6 Å². The van der Waals surface area contributed by atoms with E-state index in [1.807, 2.05) is 0 Å². The maximum absolute atomic E-state index is 14.3. The number of nitrogens with one attached hydrogen (secondary N) is 3. The van der Waals surface area contributed by atoms with Crippen molar-refractivity contribution < 1.29 is 61.1 Å². The Hall–Kier alpha value is -4.72. The molecule has 0 radical (unpaired) electrons. The summed E-state index contributed by atoms with van der Waals surface area (Å²) in [5.74, 6) is -1.42. The summed E-state index contributed by atoms with van der Waals surface area (Å²) in [6.45, 7) is 2.70. The van der Waals surface area contributed by atoms with Crippen LogP contribution in [0.1, 0.15) is 42.1 Å². The average molecular weight is 779 g/mol. The predicted molar refractivity (Wildman–Crippen MR) is 193 cm³/mol. The first-order valence-electron chi connectivity index (χ1n) is 17.2. The number of amides is 2. The third kappa shape index (κ3) is 17.4. The summed E-state index contributed by atoms with van der Waals surface area (Å²) < 4.78 is 69.0. The number of hydrogen-bond donors (Lipinski definition) is 5. The van der Waals surface area contributed by atoms with Crippen molar-refractivity contribution in [3.63, 3.8) is 0 Å². The van der Waals surface area contributed by atoms with Crippen LogP contribution in [0.4, 0.5) is 10.2 Å². The smallest absolute Gasteiger partial charge is 0.329 e. The lowest BCUT2D eigenvalue weighted by Gasteiger charge is -2.11. The van der Waals surface area contributed by atoms with Gasteiger partial charge in [0.2, 0.25) is 5.91 Å². The van der Waals surface area contributed by atoms with Gasteiger partial charge in [-0.05, 0) is 86.3 Å². The van der Waals surface area contributed by atoms with Gasteiger partial charge in [-0.3, -0.25) is 14.3 Å². The minimum Gasteiger partial charge on any atom is -0.480 e. The number of aliphatic hydroxyl groups excluding tert-OH is 1. The van der Waals surface area contributed by atoms with E-state index in [-0.39, 0.29) is 87.3 Å². The van der Waals surface area contributed by atoms with Gasteiger partial charge in [-0.25, -0.2) is 22.6 Å². The molecule has 0 fully saturated rings. The van der Waals surface area contributed by atoms with Crippen molar-refractivity contribution in [2.24, 2.45) is 0 Å².